The second-order valence-electron chi connectivity index (χ2n) is 5.38. The lowest BCUT2D eigenvalue weighted by atomic mass is 10.1. The summed E-state index contributed by atoms with van der Waals surface area (Å²) < 4.78 is 5.72. The number of nitrogens with zero attached hydrogens (tertiary/aromatic N) is 3. The Morgan fingerprint density at radius 1 is 1.28 bits per heavy atom. The van der Waals surface area contributed by atoms with E-state index in [0.717, 1.165) is 18.3 Å². The number of rotatable bonds is 5. The van der Waals surface area contributed by atoms with E-state index in [-0.39, 0.29) is 6.10 Å². The van der Waals surface area contributed by atoms with Crippen molar-refractivity contribution in [3.8, 4) is 5.88 Å². The van der Waals surface area contributed by atoms with Crippen molar-refractivity contribution in [1.29, 1.82) is 0 Å². The van der Waals surface area contributed by atoms with Crippen LogP contribution >= 0.6 is 0 Å². The Balaban J connectivity index is 2.05. The van der Waals surface area contributed by atoms with Crippen LogP contribution in [0.4, 0.5) is 5.82 Å². The molecule has 1 aromatic heterocycles. The van der Waals surface area contributed by atoms with E-state index in [0.29, 0.717) is 5.88 Å². The minimum Gasteiger partial charge on any atom is -0.472 e. The van der Waals surface area contributed by atoms with Crippen LogP contribution in [0.1, 0.15) is 39.5 Å². The van der Waals surface area contributed by atoms with Gasteiger partial charge in [0.25, 0.3) is 5.88 Å². The van der Waals surface area contributed by atoms with Crippen LogP contribution < -0.4 is 9.64 Å². The Morgan fingerprint density at radius 3 is 2.61 bits per heavy atom. The number of aromatic nitrogens is 2. The lowest BCUT2D eigenvalue weighted by Gasteiger charge is -2.23. The smallest absolute Gasteiger partial charge is 0.257 e. The summed E-state index contributed by atoms with van der Waals surface area (Å²) in [6.07, 6.45) is 8.96. The van der Waals surface area contributed by atoms with E-state index in [1.165, 1.54) is 25.7 Å². The number of hydrogen-bond acceptors (Lipinski definition) is 4. The van der Waals surface area contributed by atoms with Gasteiger partial charge in [0, 0.05) is 26.0 Å². The van der Waals surface area contributed by atoms with Crippen LogP contribution in [-0.4, -0.2) is 29.7 Å². The van der Waals surface area contributed by atoms with Crippen LogP contribution in [0.3, 0.4) is 0 Å². The van der Waals surface area contributed by atoms with Crippen LogP contribution in [0, 0.1) is 5.92 Å². The van der Waals surface area contributed by atoms with Gasteiger partial charge in [-0.2, -0.15) is 0 Å². The molecular weight excluding hydrogens is 226 g/mol. The van der Waals surface area contributed by atoms with Gasteiger partial charge < -0.3 is 9.64 Å². The molecule has 0 unspecified atom stereocenters. The summed E-state index contributed by atoms with van der Waals surface area (Å²) in [5.74, 6) is 2.30. The van der Waals surface area contributed by atoms with E-state index < -0.39 is 0 Å². The van der Waals surface area contributed by atoms with Gasteiger partial charge in [0.05, 0.1) is 6.10 Å². The highest BCUT2D eigenvalue weighted by Gasteiger charge is 2.20. The minimum absolute atomic E-state index is 0.125. The summed E-state index contributed by atoms with van der Waals surface area (Å²) in [4.78, 5) is 10.9. The third-order valence-corrected chi connectivity index (χ3v) is 3.36. The Hall–Kier alpha value is -1.32. The minimum atomic E-state index is 0.125. The molecule has 1 aliphatic rings. The maximum absolute atomic E-state index is 5.72. The van der Waals surface area contributed by atoms with E-state index in [9.17, 15) is 0 Å². The fourth-order valence-corrected chi connectivity index (χ4v) is 2.55. The van der Waals surface area contributed by atoms with Crippen molar-refractivity contribution in [1.82, 2.24) is 9.97 Å². The van der Waals surface area contributed by atoms with E-state index in [4.69, 9.17) is 4.74 Å². The van der Waals surface area contributed by atoms with Gasteiger partial charge in [-0.25, -0.2) is 9.97 Å². The first kappa shape index (κ1) is 13.1. The molecule has 0 radical (unpaired) electrons. The number of anilines is 1. The molecule has 0 spiro atoms. The predicted molar refractivity (Wildman–Crippen MR) is 73.0 cm³/mol. The molecule has 1 saturated carbocycles. The maximum atomic E-state index is 5.72. The molecule has 0 amide bonds. The average molecular weight is 249 g/mol. The molecule has 0 aliphatic heterocycles. The fraction of sp³-hybridized carbons (Fsp3) is 0.714. The monoisotopic (exact) mass is 249 g/mol. The van der Waals surface area contributed by atoms with Crippen LogP contribution in [0.2, 0.25) is 0 Å². The Bertz CT molecular complexity index is 375. The van der Waals surface area contributed by atoms with E-state index in [1.807, 2.05) is 13.8 Å². The zero-order chi connectivity index (χ0) is 13.0. The zero-order valence-electron chi connectivity index (χ0n) is 11.6. The van der Waals surface area contributed by atoms with Crippen molar-refractivity contribution in [2.75, 3.05) is 18.5 Å². The summed E-state index contributed by atoms with van der Waals surface area (Å²) in [6, 6.07) is 0. The highest BCUT2D eigenvalue weighted by atomic mass is 16.5. The van der Waals surface area contributed by atoms with Gasteiger partial charge in [-0.1, -0.05) is 12.8 Å². The quantitative estimate of drug-likeness (QED) is 0.804. The molecule has 0 bridgehead atoms. The summed E-state index contributed by atoms with van der Waals surface area (Å²) in [7, 11) is 2.08. The number of hydrogen-bond donors (Lipinski definition) is 0. The molecule has 4 heteroatoms. The molecule has 1 fully saturated rings. The van der Waals surface area contributed by atoms with Crippen molar-refractivity contribution in [2.45, 2.75) is 45.6 Å². The molecule has 4 nitrogen and oxygen atoms in total. The van der Waals surface area contributed by atoms with E-state index in [2.05, 4.69) is 21.9 Å². The molecule has 18 heavy (non-hydrogen) atoms. The Labute approximate surface area is 109 Å². The van der Waals surface area contributed by atoms with Crippen molar-refractivity contribution in [3.05, 3.63) is 12.4 Å². The van der Waals surface area contributed by atoms with Gasteiger partial charge in [-0.05, 0) is 32.6 Å². The van der Waals surface area contributed by atoms with E-state index in [1.54, 1.807) is 12.4 Å². The summed E-state index contributed by atoms with van der Waals surface area (Å²) >= 11 is 0. The SMILES string of the molecule is CC(C)Oc1nccnc1N(C)CC1CCCC1. The molecule has 0 saturated heterocycles. The maximum Gasteiger partial charge on any atom is 0.257 e. The molecule has 0 atom stereocenters. The summed E-state index contributed by atoms with van der Waals surface area (Å²) in [5.41, 5.74) is 0. The molecule has 1 aromatic rings. The normalized spacial score (nSPS) is 16.2. The zero-order valence-corrected chi connectivity index (χ0v) is 11.6. The molecule has 1 aliphatic carbocycles. The molecule has 1 heterocycles. The molecule has 100 valence electrons. The third kappa shape index (κ3) is 3.34. The van der Waals surface area contributed by atoms with Gasteiger partial charge in [0.2, 0.25) is 0 Å². The molecule has 2 rings (SSSR count). The first-order valence-corrected chi connectivity index (χ1v) is 6.85. The van der Waals surface area contributed by atoms with Gasteiger partial charge in [-0.3, -0.25) is 0 Å². The predicted octanol–water partition coefficient (Wildman–Crippen LogP) is 2.89. The first-order chi connectivity index (χ1) is 8.66. The van der Waals surface area contributed by atoms with Gasteiger partial charge in [0.15, 0.2) is 5.82 Å². The van der Waals surface area contributed by atoms with Crippen molar-refractivity contribution in [2.24, 2.45) is 5.92 Å². The van der Waals surface area contributed by atoms with Crippen LogP contribution in [-0.2, 0) is 0 Å². The van der Waals surface area contributed by atoms with Crippen molar-refractivity contribution in [3.63, 3.8) is 0 Å². The fourth-order valence-electron chi connectivity index (χ4n) is 2.55. The topological polar surface area (TPSA) is 38.3 Å². The largest absolute Gasteiger partial charge is 0.472 e. The highest BCUT2D eigenvalue weighted by Crippen LogP contribution is 2.28. The van der Waals surface area contributed by atoms with Crippen molar-refractivity contribution >= 4 is 5.82 Å². The van der Waals surface area contributed by atoms with Crippen LogP contribution in [0.5, 0.6) is 5.88 Å². The molecule has 0 aromatic carbocycles. The molecular formula is C14H23N3O. The van der Waals surface area contributed by atoms with Crippen LogP contribution in [0.25, 0.3) is 0 Å². The summed E-state index contributed by atoms with van der Waals surface area (Å²) in [5, 5.41) is 0. The van der Waals surface area contributed by atoms with Gasteiger partial charge in [-0.15, -0.1) is 0 Å². The molecule has 0 N–H and O–H groups in total. The first-order valence-electron chi connectivity index (χ1n) is 6.85. The van der Waals surface area contributed by atoms with Gasteiger partial charge in [0.1, 0.15) is 0 Å². The van der Waals surface area contributed by atoms with E-state index >= 15 is 0 Å². The van der Waals surface area contributed by atoms with Crippen molar-refractivity contribution < 1.29 is 4.74 Å². The highest BCUT2D eigenvalue weighted by molar-refractivity contribution is 5.47. The second kappa shape index (κ2) is 6.03. The number of ether oxygens (including phenoxy) is 1. The average Bonchev–Trinajstić information content (AvgIpc) is 2.81. The third-order valence-electron chi connectivity index (χ3n) is 3.36. The lowest BCUT2D eigenvalue weighted by Crippen LogP contribution is -2.26. The lowest BCUT2D eigenvalue weighted by molar-refractivity contribution is 0.232. The Kier molecular flexibility index (Phi) is 4.39. The van der Waals surface area contributed by atoms with Gasteiger partial charge >= 0.3 is 0 Å². The van der Waals surface area contributed by atoms with Crippen LogP contribution in [0.15, 0.2) is 12.4 Å². The standard InChI is InChI=1S/C14H23N3O/c1-11(2)18-14-13(15-8-9-16-14)17(3)10-12-6-4-5-7-12/h8-9,11-12H,4-7,10H2,1-3H3. The second-order valence-corrected chi connectivity index (χ2v) is 5.38. The summed E-state index contributed by atoms with van der Waals surface area (Å²) in [6.45, 7) is 5.07. The Morgan fingerprint density at radius 2 is 1.94 bits per heavy atom.